The second-order valence-corrected chi connectivity index (χ2v) is 5.24. The van der Waals surface area contributed by atoms with Crippen molar-refractivity contribution in [1.29, 1.82) is 0 Å². The van der Waals surface area contributed by atoms with Crippen LogP contribution in [0.1, 0.15) is 35.2 Å². The lowest BCUT2D eigenvalue weighted by Gasteiger charge is -2.22. The highest BCUT2D eigenvalue weighted by Gasteiger charge is 2.12. The first kappa shape index (κ1) is 18.0. The number of nitrogens with one attached hydrogen (secondary N) is 1. The molecule has 0 saturated carbocycles. The number of carbonyl (C=O) groups excluding carboxylic acids is 1. The lowest BCUT2D eigenvalue weighted by molar-refractivity contribution is 0.0600. The lowest BCUT2D eigenvalue weighted by Crippen LogP contribution is -2.30. The average molecular weight is 314 g/mol. The summed E-state index contributed by atoms with van der Waals surface area (Å²) in [6.07, 6.45) is 3.71. The number of esters is 1. The van der Waals surface area contributed by atoms with Crippen molar-refractivity contribution >= 4 is 18.4 Å². The molecule has 4 nitrogen and oxygen atoms in total. The molecule has 5 heteroatoms. The molecule has 1 atom stereocenters. The minimum Gasteiger partial charge on any atom is -0.465 e. The van der Waals surface area contributed by atoms with Crippen molar-refractivity contribution in [3.63, 3.8) is 0 Å². The van der Waals surface area contributed by atoms with Crippen molar-refractivity contribution in [1.82, 2.24) is 5.32 Å². The molecular weight excluding hydrogens is 290 g/mol. The van der Waals surface area contributed by atoms with Gasteiger partial charge < -0.3 is 14.8 Å². The summed E-state index contributed by atoms with van der Waals surface area (Å²) in [5.74, 6) is 0.452. The van der Waals surface area contributed by atoms with Gasteiger partial charge in [0.15, 0.2) is 0 Å². The van der Waals surface area contributed by atoms with Gasteiger partial charge in [0.05, 0.1) is 19.3 Å². The van der Waals surface area contributed by atoms with Gasteiger partial charge in [-0.05, 0) is 56.0 Å². The summed E-state index contributed by atoms with van der Waals surface area (Å²) in [4.78, 5) is 11.3. The van der Waals surface area contributed by atoms with Crippen LogP contribution in [-0.4, -0.2) is 32.8 Å². The second-order valence-electron chi connectivity index (χ2n) is 5.24. The highest BCUT2D eigenvalue weighted by molar-refractivity contribution is 5.89. The van der Waals surface area contributed by atoms with Crippen LogP contribution in [0.3, 0.4) is 0 Å². The molecule has 1 N–H and O–H groups in total. The Morgan fingerprint density at radius 2 is 2.10 bits per heavy atom. The molecule has 1 unspecified atom stereocenters. The van der Waals surface area contributed by atoms with E-state index in [1.54, 1.807) is 12.1 Å². The van der Waals surface area contributed by atoms with Gasteiger partial charge >= 0.3 is 5.97 Å². The Morgan fingerprint density at radius 1 is 1.33 bits per heavy atom. The highest BCUT2D eigenvalue weighted by atomic mass is 35.5. The molecule has 1 aromatic carbocycles. The van der Waals surface area contributed by atoms with Crippen molar-refractivity contribution in [2.24, 2.45) is 5.92 Å². The maximum atomic E-state index is 11.3. The summed E-state index contributed by atoms with van der Waals surface area (Å²) in [6.45, 7) is 3.67. The van der Waals surface area contributed by atoms with E-state index in [0.29, 0.717) is 12.2 Å². The number of hydrogen-bond acceptors (Lipinski definition) is 4. The standard InChI is InChI=1S/C16H23NO3.ClH/c1-19-16(18)15-6-4-14(5-7-15)12-20-10-8-13-3-2-9-17-11-13;/h4-7,13,17H,2-3,8-12H2,1H3;1H. The summed E-state index contributed by atoms with van der Waals surface area (Å²) in [6, 6.07) is 7.37. The number of methoxy groups -OCH3 is 1. The first-order valence-corrected chi connectivity index (χ1v) is 7.25. The maximum absolute atomic E-state index is 11.3. The smallest absolute Gasteiger partial charge is 0.337 e. The van der Waals surface area contributed by atoms with E-state index in [4.69, 9.17) is 4.74 Å². The predicted octanol–water partition coefficient (Wildman–Crippen LogP) is 2.80. The van der Waals surface area contributed by atoms with Gasteiger partial charge in [0.25, 0.3) is 0 Å². The normalized spacial score (nSPS) is 17.9. The molecular formula is C16H24ClNO3. The molecule has 1 aliphatic heterocycles. The van der Waals surface area contributed by atoms with Gasteiger partial charge in [0, 0.05) is 6.61 Å². The summed E-state index contributed by atoms with van der Waals surface area (Å²) < 4.78 is 10.4. The Labute approximate surface area is 132 Å². The summed E-state index contributed by atoms with van der Waals surface area (Å²) in [5.41, 5.74) is 1.66. The van der Waals surface area contributed by atoms with Gasteiger partial charge in [0.1, 0.15) is 0 Å². The zero-order valence-electron chi connectivity index (χ0n) is 12.5. The fourth-order valence-corrected chi connectivity index (χ4v) is 2.47. The van der Waals surface area contributed by atoms with E-state index in [2.05, 4.69) is 10.1 Å². The van der Waals surface area contributed by atoms with Gasteiger partial charge in [-0.3, -0.25) is 0 Å². The third-order valence-corrected chi connectivity index (χ3v) is 3.71. The van der Waals surface area contributed by atoms with Crippen molar-refractivity contribution in [2.45, 2.75) is 25.9 Å². The molecule has 1 aromatic rings. The number of carbonyl (C=O) groups is 1. The molecule has 0 bridgehead atoms. The van der Waals surface area contributed by atoms with Gasteiger partial charge in [-0.15, -0.1) is 12.4 Å². The largest absolute Gasteiger partial charge is 0.465 e. The lowest BCUT2D eigenvalue weighted by atomic mass is 9.97. The molecule has 1 aliphatic rings. The van der Waals surface area contributed by atoms with Crippen LogP contribution in [0, 0.1) is 5.92 Å². The quantitative estimate of drug-likeness (QED) is 0.648. The molecule has 1 saturated heterocycles. The number of hydrogen-bond donors (Lipinski definition) is 1. The first-order chi connectivity index (χ1) is 9.79. The van der Waals surface area contributed by atoms with E-state index in [1.165, 1.54) is 20.0 Å². The SMILES string of the molecule is COC(=O)c1ccc(COCCC2CCCNC2)cc1.Cl. The van der Waals surface area contributed by atoms with Crippen LogP contribution in [0.5, 0.6) is 0 Å². The zero-order chi connectivity index (χ0) is 14.2. The molecule has 0 aliphatic carbocycles. The van der Waals surface area contributed by atoms with Crippen LogP contribution < -0.4 is 5.32 Å². The number of halogens is 1. The minimum atomic E-state index is -0.303. The molecule has 1 fully saturated rings. The van der Waals surface area contributed by atoms with Gasteiger partial charge in [-0.2, -0.15) is 0 Å². The molecule has 1 heterocycles. The van der Waals surface area contributed by atoms with Gasteiger partial charge in [-0.1, -0.05) is 12.1 Å². The molecule has 0 aromatic heterocycles. The van der Waals surface area contributed by atoms with E-state index >= 15 is 0 Å². The molecule has 21 heavy (non-hydrogen) atoms. The fourth-order valence-electron chi connectivity index (χ4n) is 2.47. The van der Waals surface area contributed by atoms with Crippen molar-refractivity contribution in [2.75, 3.05) is 26.8 Å². The number of piperidine rings is 1. The van der Waals surface area contributed by atoms with E-state index < -0.39 is 0 Å². The topological polar surface area (TPSA) is 47.6 Å². The van der Waals surface area contributed by atoms with Crippen LogP contribution in [0.15, 0.2) is 24.3 Å². The van der Waals surface area contributed by atoms with Crippen LogP contribution >= 0.6 is 12.4 Å². The zero-order valence-corrected chi connectivity index (χ0v) is 13.3. The van der Waals surface area contributed by atoms with Crippen molar-refractivity contribution < 1.29 is 14.3 Å². The second kappa shape index (κ2) is 9.77. The van der Waals surface area contributed by atoms with Crippen molar-refractivity contribution in [3.8, 4) is 0 Å². The molecule has 118 valence electrons. The summed E-state index contributed by atoms with van der Waals surface area (Å²) >= 11 is 0. The Kier molecular flexibility index (Phi) is 8.35. The van der Waals surface area contributed by atoms with Crippen LogP contribution in [0.25, 0.3) is 0 Å². The van der Waals surface area contributed by atoms with E-state index in [9.17, 15) is 4.79 Å². The van der Waals surface area contributed by atoms with Gasteiger partial charge in [-0.25, -0.2) is 4.79 Å². The number of benzene rings is 1. The Balaban J connectivity index is 0.00000220. The minimum absolute atomic E-state index is 0. The molecule has 0 radical (unpaired) electrons. The highest BCUT2D eigenvalue weighted by Crippen LogP contribution is 2.14. The number of ether oxygens (including phenoxy) is 2. The third-order valence-electron chi connectivity index (χ3n) is 3.71. The monoisotopic (exact) mass is 313 g/mol. The van der Waals surface area contributed by atoms with E-state index in [1.807, 2.05) is 12.1 Å². The first-order valence-electron chi connectivity index (χ1n) is 7.25. The van der Waals surface area contributed by atoms with Crippen molar-refractivity contribution in [3.05, 3.63) is 35.4 Å². The Morgan fingerprint density at radius 3 is 2.71 bits per heavy atom. The van der Waals surface area contributed by atoms with Gasteiger partial charge in [0.2, 0.25) is 0 Å². The maximum Gasteiger partial charge on any atom is 0.337 e. The average Bonchev–Trinajstić information content (AvgIpc) is 2.52. The van der Waals surface area contributed by atoms with E-state index in [-0.39, 0.29) is 18.4 Å². The van der Waals surface area contributed by atoms with Crippen LogP contribution in [0.4, 0.5) is 0 Å². The predicted molar refractivity (Wildman–Crippen MR) is 84.9 cm³/mol. The summed E-state index contributed by atoms with van der Waals surface area (Å²) in [5, 5.41) is 3.42. The molecule has 0 spiro atoms. The fraction of sp³-hybridized carbons (Fsp3) is 0.562. The molecule has 2 rings (SSSR count). The summed E-state index contributed by atoms with van der Waals surface area (Å²) in [7, 11) is 1.39. The Hall–Kier alpha value is -1.10. The third kappa shape index (κ3) is 6.04. The van der Waals surface area contributed by atoms with E-state index in [0.717, 1.165) is 37.6 Å². The van der Waals surface area contributed by atoms with Crippen LogP contribution in [-0.2, 0) is 16.1 Å². The Bertz CT molecular complexity index is 416. The van der Waals surface area contributed by atoms with Crippen LogP contribution in [0.2, 0.25) is 0 Å². The number of rotatable bonds is 6. The molecule has 0 amide bonds.